The van der Waals surface area contributed by atoms with E-state index in [-0.39, 0.29) is 0 Å². The topological polar surface area (TPSA) is 56.7 Å². The fourth-order valence-electron chi connectivity index (χ4n) is 3.52. The van der Waals surface area contributed by atoms with Crippen LogP contribution in [-0.2, 0) is 13.0 Å². The Bertz CT molecular complexity index is 1030. The standard InChI is InChI=1S/C21H24F2N4S/c1-12-13(2)25-21(24)19-20(12)27(18(26-19)10-14-4-5-14)8-3-9-28-17-7-6-15(22)11-16(17)23/h6-7,11,14H,3-5,8-10H2,1-2H3,(H2,24,25). The van der Waals surface area contributed by atoms with Crippen LogP contribution in [0.15, 0.2) is 23.1 Å². The van der Waals surface area contributed by atoms with Crippen molar-refractivity contribution in [1.29, 1.82) is 0 Å². The van der Waals surface area contributed by atoms with E-state index in [1.54, 1.807) is 0 Å². The van der Waals surface area contributed by atoms with Gasteiger partial charge in [0.2, 0.25) is 0 Å². The van der Waals surface area contributed by atoms with Gasteiger partial charge < -0.3 is 10.3 Å². The van der Waals surface area contributed by atoms with Gasteiger partial charge in [-0.2, -0.15) is 0 Å². The van der Waals surface area contributed by atoms with Gasteiger partial charge in [-0.25, -0.2) is 18.7 Å². The molecule has 4 rings (SSSR count). The van der Waals surface area contributed by atoms with Crippen molar-refractivity contribution < 1.29 is 8.78 Å². The van der Waals surface area contributed by atoms with Crippen LogP contribution in [0.5, 0.6) is 0 Å². The molecule has 0 bridgehead atoms. The normalized spacial score (nSPS) is 14.1. The summed E-state index contributed by atoms with van der Waals surface area (Å²) in [6.45, 7) is 4.82. The molecule has 148 valence electrons. The van der Waals surface area contributed by atoms with Crippen molar-refractivity contribution in [3.63, 3.8) is 0 Å². The van der Waals surface area contributed by atoms with Crippen LogP contribution in [0.3, 0.4) is 0 Å². The lowest BCUT2D eigenvalue weighted by Gasteiger charge is -2.12. The number of nitrogen functional groups attached to an aromatic ring is 1. The van der Waals surface area contributed by atoms with Crippen LogP contribution in [0.1, 0.15) is 36.3 Å². The van der Waals surface area contributed by atoms with E-state index < -0.39 is 11.6 Å². The van der Waals surface area contributed by atoms with E-state index in [0.29, 0.717) is 16.6 Å². The highest BCUT2D eigenvalue weighted by molar-refractivity contribution is 7.99. The maximum Gasteiger partial charge on any atom is 0.151 e. The van der Waals surface area contributed by atoms with Crippen LogP contribution in [-0.4, -0.2) is 20.3 Å². The summed E-state index contributed by atoms with van der Waals surface area (Å²) in [7, 11) is 0. The quantitative estimate of drug-likeness (QED) is 0.444. The molecule has 4 nitrogen and oxygen atoms in total. The average molecular weight is 403 g/mol. The minimum Gasteiger partial charge on any atom is -0.382 e. The average Bonchev–Trinajstić information content (AvgIpc) is 3.38. The van der Waals surface area contributed by atoms with Crippen LogP contribution < -0.4 is 5.73 Å². The Morgan fingerprint density at radius 2 is 2.00 bits per heavy atom. The molecule has 3 aromatic rings. The predicted molar refractivity (Wildman–Crippen MR) is 110 cm³/mol. The number of benzene rings is 1. The second-order valence-electron chi connectivity index (χ2n) is 7.51. The molecule has 28 heavy (non-hydrogen) atoms. The largest absolute Gasteiger partial charge is 0.382 e. The van der Waals surface area contributed by atoms with E-state index in [0.717, 1.165) is 59.3 Å². The molecule has 0 amide bonds. The van der Waals surface area contributed by atoms with Crippen LogP contribution in [0, 0.1) is 31.4 Å². The van der Waals surface area contributed by atoms with E-state index in [1.807, 2.05) is 6.92 Å². The minimum atomic E-state index is -0.548. The Hall–Kier alpha value is -2.15. The summed E-state index contributed by atoms with van der Waals surface area (Å²) >= 11 is 1.41. The van der Waals surface area contributed by atoms with Crippen LogP contribution in [0.2, 0.25) is 0 Å². The first kappa shape index (κ1) is 19.2. The monoisotopic (exact) mass is 402 g/mol. The van der Waals surface area contributed by atoms with Crippen molar-refractivity contribution in [1.82, 2.24) is 14.5 Å². The molecule has 7 heteroatoms. The third kappa shape index (κ3) is 3.85. The first-order chi connectivity index (χ1) is 13.4. The molecule has 1 aromatic carbocycles. The SMILES string of the molecule is Cc1nc(N)c2nc(CC3CC3)n(CCCSc3ccc(F)cc3F)c2c1C. The lowest BCUT2D eigenvalue weighted by molar-refractivity contribution is 0.565. The van der Waals surface area contributed by atoms with Crippen molar-refractivity contribution >= 4 is 28.6 Å². The second kappa shape index (κ2) is 7.70. The molecule has 0 spiro atoms. The zero-order chi connectivity index (χ0) is 19.8. The molecule has 1 saturated carbocycles. The summed E-state index contributed by atoms with van der Waals surface area (Å²) in [4.78, 5) is 9.73. The number of aryl methyl sites for hydroxylation is 3. The summed E-state index contributed by atoms with van der Waals surface area (Å²) in [5.41, 5.74) is 10.0. The van der Waals surface area contributed by atoms with Gasteiger partial charge >= 0.3 is 0 Å². The zero-order valence-electron chi connectivity index (χ0n) is 16.1. The Balaban J connectivity index is 1.54. The number of imidazole rings is 1. The highest BCUT2D eigenvalue weighted by Crippen LogP contribution is 2.35. The number of thioether (sulfide) groups is 1. The highest BCUT2D eigenvalue weighted by atomic mass is 32.2. The molecule has 2 N–H and O–H groups in total. The third-order valence-electron chi connectivity index (χ3n) is 5.32. The van der Waals surface area contributed by atoms with Gasteiger partial charge in [-0.1, -0.05) is 0 Å². The van der Waals surface area contributed by atoms with Gasteiger partial charge in [0.15, 0.2) is 5.82 Å². The van der Waals surface area contributed by atoms with Crippen molar-refractivity contribution in [2.45, 2.75) is 51.0 Å². The van der Waals surface area contributed by atoms with E-state index in [9.17, 15) is 8.78 Å². The molecular weight excluding hydrogens is 378 g/mol. The van der Waals surface area contributed by atoms with E-state index in [4.69, 9.17) is 10.7 Å². The van der Waals surface area contributed by atoms with Gasteiger partial charge in [0.05, 0.1) is 5.52 Å². The first-order valence-corrected chi connectivity index (χ1v) is 10.6. The third-order valence-corrected chi connectivity index (χ3v) is 6.46. The molecular formula is C21H24F2N4S. The summed E-state index contributed by atoms with van der Waals surface area (Å²) in [6.07, 6.45) is 4.33. The number of fused-ring (bicyclic) bond motifs is 1. The summed E-state index contributed by atoms with van der Waals surface area (Å²) in [6, 6.07) is 3.73. The maximum absolute atomic E-state index is 13.8. The van der Waals surface area contributed by atoms with Gasteiger partial charge in [-0.15, -0.1) is 11.8 Å². The van der Waals surface area contributed by atoms with Crippen LogP contribution in [0.25, 0.3) is 11.0 Å². The molecule has 1 aliphatic rings. The fourth-order valence-corrected chi connectivity index (χ4v) is 4.38. The molecule has 0 unspecified atom stereocenters. The number of nitrogens with two attached hydrogens (primary N) is 1. The van der Waals surface area contributed by atoms with Crippen molar-refractivity contribution in [2.75, 3.05) is 11.5 Å². The van der Waals surface area contributed by atoms with Crippen molar-refractivity contribution in [2.24, 2.45) is 5.92 Å². The fraction of sp³-hybridized carbons (Fsp3) is 0.429. The molecule has 0 radical (unpaired) electrons. The molecule has 0 atom stereocenters. The lowest BCUT2D eigenvalue weighted by atomic mass is 10.2. The van der Waals surface area contributed by atoms with Gasteiger partial charge in [0, 0.05) is 29.6 Å². The maximum atomic E-state index is 13.8. The smallest absolute Gasteiger partial charge is 0.151 e. The lowest BCUT2D eigenvalue weighted by Crippen LogP contribution is -2.07. The molecule has 1 aliphatic carbocycles. The van der Waals surface area contributed by atoms with Crippen LogP contribution in [0.4, 0.5) is 14.6 Å². The predicted octanol–water partition coefficient (Wildman–Crippen LogP) is 5.04. The zero-order valence-corrected chi connectivity index (χ0v) is 17.0. The van der Waals surface area contributed by atoms with E-state index >= 15 is 0 Å². The number of anilines is 1. The molecule has 2 aromatic heterocycles. The summed E-state index contributed by atoms with van der Waals surface area (Å²) < 4.78 is 29.1. The van der Waals surface area contributed by atoms with Crippen molar-refractivity contribution in [3.8, 4) is 0 Å². The van der Waals surface area contributed by atoms with Crippen molar-refractivity contribution in [3.05, 3.63) is 46.9 Å². The second-order valence-corrected chi connectivity index (χ2v) is 8.65. The molecule has 2 heterocycles. The van der Waals surface area contributed by atoms with Gasteiger partial charge in [0.1, 0.15) is 23.0 Å². The Kier molecular flexibility index (Phi) is 5.27. The number of halogens is 2. The number of hydrogen-bond donors (Lipinski definition) is 1. The Morgan fingerprint density at radius 1 is 1.21 bits per heavy atom. The summed E-state index contributed by atoms with van der Waals surface area (Å²) in [5, 5.41) is 0. The molecule has 0 saturated heterocycles. The van der Waals surface area contributed by atoms with Crippen LogP contribution >= 0.6 is 11.8 Å². The summed E-state index contributed by atoms with van der Waals surface area (Å²) in [5.74, 6) is 1.96. The highest BCUT2D eigenvalue weighted by Gasteiger charge is 2.26. The number of pyridine rings is 1. The first-order valence-electron chi connectivity index (χ1n) is 9.63. The van der Waals surface area contributed by atoms with Gasteiger partial charge in [-0.3, -0.25) is 0 Å². The number of nitrogens with zero attached hydrogens (tertiary/aromatic N) is 3. The Labute approximate surface area is 167 Å². The minimum absolute atomic E-state index is 0.482. The van der Waals surface area contributed by atoms with E-state index in [2.05, 4.69) is 16.5 Å². The molecule has 0 aliphatic heterocycles. The van der Waals surface area contributed by atoms with Gasteiger partial charge in [-0.05, 0) is 62.5 Å². The van der Waals surface area contributed by atoms with Gasteiger partial charge in [0.25, 0.3) is 0 Å². The number of aromatic nitrogens is 3. The van der Waals surface area contributed by atoms with E-state index in [1.165, 1.54) is 36.7 Å². The molecule has 1 fully saturated rings. The number of rotatable bonds is 7. The Morgan fingerprint density at radius 3 is 2.71 bits per heavy atom. The number of hydrogen-bond acceptors (Lipinski definition) is 4.